The molecule has 0 radical (unpaired) electrons. The summed E-state index contributed by atoms with van der Waals surface area (Å²) < 4.78 is 34.9. The second-order valence-corrected chi connectivity index (χ2v) is 6.60. The van der Waals surface area contributed by atoms with E-state index in [1.54, 1.807) is 31.2 Å². The molecular weight excluding hydrogens is 322 g/mol. The molecular formula is C21H16F2O2. The van der Waals surface area contributed by atoms with E-state index in [1.807, 2.05) is 25.1 Å². The summed E-state index contributed by atoms with van der Waals surface area (Å²) in [6.07, 6.45) is 0.463. The van der Waals surface area contributed by atoms with Crippen LogP contribution in [0, 0.1) is 24.5 Å². The largest absolute Gasteiger partial charge is 0.425 e. The molecule has 3 aromatic rings. The number of benzene rings is 3. The van der Waals surface area contributed by atoms with Gasteiger partial charge in [-0.05, 0) is 35.9 Å². The highest BCUT2D eigenvalue weighted by atomic mass is 19.2. The summed E-state index contributed by atoms with van der Waals surface area (Å²) in [5.74, 6) is -2.47. The average molecular weight is 338 g/mol. The van der Waals surface area contributed by atoms with Crippen LogP contribution in [-0.2, 0) is 11.2 Å². The Hall–Kier alpha value is -2.75. The molecule has 25 heavy (non-hydrogen) atoms. The van der Waals surface area contributed by atoms with E-state index in [0.717, 1.165) is 11.1 Å². The van der Waals surface area contributed by atoms with Crippen LogP contribution in [0.1, 0.15) is 18.1 Å². The number of ether oxygens (including phenoxy) is 1. The van der Waals surface area contributed by atoms with Gasteiger partial charge in [0.2, 0.25) is 0 Å². The van der Waals surface area contributed by atoms with Crippen molar-refractivity contribution in [1.82, 2.24) is 0 Å². The van der Waals surface area contributed by atoms with Crippen LogP contribution in [0.4, 0.5) is 8.78 Å². The van der Waals surface area contributed by atoms with Gasteiger partial charge in [-0.1, -0.05) is 48.9 Å². The normalized spacial score (nSPS) is 16.6. The lowest BCUT2D eigenvalue weighted by molar-refractivity contribution is -0.139. The Balaban J connectivity index is 1.97. The summed E-state index contributed by atoms with van der Waals surface area (Å²) in [5.41, 5.74) is 2.56. The molecule has 1 aliphatic rings. The van der Waals surface area contributed by atoms with E-state index >= 15 is 0 Å². The molecule has 0 amide bonds. The van der Waals surface area contributed by atoms with Gasteiger partial charge in [0.15, 0.2) is 11.6 Å². The van der Waals surface area contributed by atoms with Crippen LogP contribution < -0.4 is 4.74 Å². The van der Waals surface area contributed by atoms with Crippen LogP contribution in [-0.4, -0.2) is 5.97 Å². The van der Waals surface area contributed by atoms with Crippen molar-refractivity contribution in [1.29, 1.82) is 0 Å². The van der Waals surface area contributed by atoms with E-state index in [9.17, 15) is 13.6 Å². The molecule has 1 aliphatic heterocycles. The quantitative estimate of drug-likeness (QED) is 0.451. The van der Waals surface area contributed by atoms with Crippen molar-refractivity contribution in [2.24, 2.45) is 5.92 Å². The monoisotopic (exact) mass is 338 g/mol. The molecule has 126 valence electrons. The van der Waals surface area contributed by atoms with Crippen LogP contribution in [0.2, 0.25) is 0 Å². The molecule has 1 heterocycles. The van der Waals surface area contributed by atoms with Gasteiger partial charge >= 0.3 is 5.97 Å². The summed E-state index contributed by atoms with van der Waals surface area (Å²) in [6.45, 7) is 3.69. The predicted molar refractivity (Wildman–Crippen MR) is 92.5 cm³/mol. The van der Waals surface area contributed by atoms with Gasteiger partial charge in [-0.25, -0.2) is 8.78 Å². The average Bonchev–Trinajstić information content (AvgIpc) is 2.59. The minimum Gasteiger partial charge on any atom is -0.425 e. The lowest BCUT2D eigenvalue weighted by Crippen LogP contribution is -2.25. The zero-order chi connectivity index (χ0) is 17.7. The number of hydrogen-bond acceptors (Lipinski definition) is 2. The molecule has 0 aliphatic carbocycles. The third-order valence-electron chi connectivity index (χ3n) is 4.71. The summed E-state index contributed by atoms with van der Waals surface area (Å²) in [7, 11) is 0. The lowest BCUT2D eigenvalue weighted by Gasteiger charge is -2.22. The Morgan fingerprint density at radius 2 is 1.76 bits per heavy atom. The molecule has 1 unspecified atom stereocenters. The summed E-state index contributed by atoms with van der Waals surface area (Å²) in [4.78, 5) is 11.9. The van der Waals surface area contributed by atoms with Crippen molar-refractivity contribution in [3.05, 3.63) is 65.2 Å². The van der Waals surface area contributed by atoms with E-state index in [0.29, 0.717) is 17.4 Å². The molecule has 0 saturated heterocycles. The van der Waals surface area contributed by atoms with Crippen LogP contribution in [0.3, 0.4) is 0 Å². The molecule has 3 aromatic carbocycles. The molecule has 4 rings (SSSR count). The number of halogens is 2. The molecule has 0 fully saturated rings. The molecule has 4 heteroatoms. The van der Waals surface area contributed by atoms with Crippen LogP contribution in [0.25, 0.3) is 21.9 Å². The smallest absolute Gasteiger partial charge is 0.314 e. The SMILES string of the molecule is Cc1ccc(-c2cc3ccc4c(c3c(F)c2F)OC(=O)C(C)C4)cc1. The molecule has 0 N–H and O–H groups in total. The van der Waals surface area contributed by atoms with Gasteiger partial charge < -0.3 is 4.74 Å². The predicted octanol–water partition coefficient (Wildman–Crippen LogP) is 5.19. The molecule has 0 spiro atoms. The maximum Gasteiger partial charge on any atom is 0.314 e. The minimum atomic E-state index is -0.979. The topological polar surface area (TPSA) is 26.3 Å². The van der Waals surface area contributed by atoms with Crippen LogP contribution in [0.15, 0.2) is 42.5 Å². The third-order valence-corrected chi connectivity index (χ3v) is 4.71. The fraction of sp³-hybridized carbons (Fsp3) is 0.190. The fourth-order valence-corrected chi connectivity index (χ4v) is 3.27. The standard InChI is InChI=1S/C21H16F2O2/c1-11-3-5-13(6-4-11)16-10-14-7-8-15-9-12(2)21(24)25-20(15)17(14)19(23)18(16)22/h3-8,10,12H,9H2,1-2H3. The third kappa shape index (κ3) is 2.49. The van der Waals surface area contributed by atoms with Gasteiger partial charge in [0.05, 0.1) is 11.3 Å². The van der Waals surface area contributed by atoms with Gasteiger partial charge in [0, 0.05) is 5.56 Å². The summed E-state index contributed by atoms with van der Waals surface area (Å²) in [5, 5.41) is 0.543. The van der Waals surface area contributed by atoms with Gasteiger partial charge in [-0.15, -0.1) is 0 Å². The van der Waals surface area contributed by atoms with E-state index < -0.39 is 17.6 Å². The second-order valence-electron chi connectivity index (χ2n) is 6.60. The van der Waals surface area contributed by atoms with Crippen molar-refractivity contribution in [2.75, 3.05) is 0 Å². The van der Waals surface area contributed by atoms with E-state index in [1.165, 1.54) is 0 Å². The second kappa shape index (κ2) is 5.66. The Labute approximate surface area is 144 Å². The van der Waals surface area contributed by atoms with Crippen LogP contribution >= 0.6 is 0 Å². The maximum atomic E-state index is 14.9. The van der Waals surface area contributed by atoms with E-state index in [-0.39, 0.29) is 22.6 Å². The molecule has 0 saturated carbocycles. The van der Waals surface area contributed by atoms with Gasteiger partial charge in [0.1, 0.15) is 5.75 Å². The van der Waals surface area contributed by atoms with E-state index in [2.05, 4.69) is 0 Å². The zero-order valence-corrected chi connectivity index (χ0v) is 13.9. The highest BCUT2D eigenvalue weighted by Crippen LogP contribution is 2.40. The Kier molecular flexibility index (Phi) is 3.57. The number of fused-ring (bicyclic) bond motifs is 3. The number of rotatable bonds is 1. The van der Waals surface area contributed by atoms with Crippen molar-refractivity contribution >= 4 is 16.7 Å². The lowest BCUT2D eigenvalue weighted by atomic mass is 9.92. The molecule has 2 nitrogen and oxygen atoms in total. The number of esters is 1. The number of aryl methyl sites for hydroxylation is 1. The van der Waals surface area contributed by atoms with Crippen molar-refractivity contribution < 1.29 is 18.3 Å². The van der Waals surface area contributed by atoms with Crippen molar-refractivity contribution in [3.8, 4) is 16.9 Å². The van der Waals surface area contributed by atoms with Crippen molar-refractivity contribution in [3.63, 3.8) is 0 Å². The highest BCUT2D eigenvalue weighted by molar-refractivity contribution is 5.96. The number of carbonyl (C=O) groups is 1. The van der Waals surface area contributed by atoms with Crippen LogP contribution in [0.5, 0.6) is 5.75 Å². The first-order chi connectivity index (χ1) is 12.0. The first-order valence-electron chi connectivity index (χ1n) is 8.18. The minimum absolute atomic E-state index is 0.0334. The highest BCUT2D eigenvalue weighted by Gasteiger charge is 2.28. The first kappa shape index (κ1) is 15.8. The number of carbonyl (C=O) groups excluding carboxylic acids is 1. The maximum absolute atomic E-state index is 14.9. The summed E-state index contributed by atoms with van der Waals surface area (Å²) >= 11 is 0. The number of hydrogen-bond donors (Lipinski definition) is 0. The first-order valence-corrected chi connectivity index (χ1v) is 8.18. The zero-order valence-electron chi connectivity index (χ0n) is 13.9. The molecule has 1 atom stereocenters. The van der Waals surface area contributed by atoms with Gasteiger partial charge in [-0.2, -0.15) is 0 Å². The molecule has 0 bridgehead atoms. The fourth-order valence-electron chi connectivity index (χ4n) is 3.27. The van der Waals surface area contributed by atoms with E-state index in [4.69, 9.17) is 4.74 Å². The van der Waals surface area contributed by atoms with Gasteiger partial charge in [-0.3, -0.25) is 4.79 Å². The summed E-state index contributed by atoms with van der Waals surface area (Å²) in [6, 6.07) is 12.4. The van der Waals surface area contributed by atoms with Gasteiger partial charge in [0.25, 0.3) is 0 Å². The van der Waals surface area contributed by atoms with Crippen molar-refractivity contribution in [2.45, 2.75) is 20.3 Å². The Bertz CT molecular complexity index is 1010. The Morgan fingerprint density at radius 3 is 2.48 bits per heavy atom. The Morgan fingerprint density at radius 1 is 1.04 bits per heavy atom. The molecule has 0 aromatic heterocycles.